The number of nitrogens with zero attached hydrogens (tertiary/aromatic N) is 5. The Balaban J connectivity index is 1.37. The van der Waals surface area contributed by atoms with E-state index in [0.29, 0.717) is 29.7 Å². The molecule has 2 atom stereocenters. The van der Waals surface area contributed by atoms with Gasteiger partial charge < -0.3 is 24.8 Å². The van der Waals surface area contributed by atoms with E-state index in [9.17, 15) is 27.9 Å². The molecule has 5 rings (SSSR count). The van der Waals surface area contributed by atoms with Crippen LogP contribution in [-0.4, -0.2) is 81.5 Å². The number of anilines is 1. The van der Waals surface area contributed by atoms with Gasteiger partial charge in [0.25, 0.3) is 5.56 Å². The molecule has 1 saturated carbocycles. The number of fused-ring (bicyclic) bond motifs is 1. The highest BCUT2D eigenvalue weighted by Crippen LogP contribution is 2.51. The Bertz CT molecular complexity index is 1240. The first-order chi connectivity index (χ1) is 18.0. The number of piperazine rings is 1. The van der Waals surface area contributed by atoms with Crippen molar-refractivity contribution in [2.75, 3.05) is 44.2 Å². The minimum Gasteiger partial charge on any atom is -0.387 e. The van der Waals surface area contributed by atoms with Gasteiger partial charge in [0.1, 0.15) is 0 Å². The summed E-state index contributed by atoms with van der Waals surface area (Å²) in [6.45, 7) is 4.95. The molecule has 2 aromatic rings. The van der Waals surface area contributed by atoms with Gasteiger partial charge in [-0.15, -0.1) is 0 Å². The van der Waals surface area contributed by atoms with Crippen molar-refractivity contribution in [3.05, 3.63) is 28.8 Å². The Morgan fingerprint density at radius 1 is 1.18 bits per heavy atom. The number of rotatable bonds is 5. The molecule has 1 unspecified atom stereocenters. The summed E-state index contributed by atoms with van der Waals surface area (Å²) in [5.41, 5.74) is -1.70. The fourth-order valence-electron chi connectivity index (χ4n) is 6.52. The largest absolute Gasteiger partial charge is 0.389 e. The van der Waals surface area contributed by atoms with Crippen LogP contribution in [-0.2, 0) is 11.3 Å². The zero-order valence-corrected chi connectivity index (χ0v) is 21.6. The third kappa shape index (κ3) is 5.12. The third-order valence-electron chi connectivity index (χ3n) is 8.65. The Morgan fingerprint density at radius 3 is 2.58 bits per heavy atom. The van der Waals surface area contributed by atoms with Crippen molar-refractivity contribution in [2.45, 2.75) is 63.8 Å². The molecule has 0 bridgehead atoms. The predicted molar refractivity (Wildman–Crippen MR) is 136 cm³/mol. The number of hydrogen-bond acceptors (Lipinski definition) is 7. The number of pyridine rings is 1. The zero-order valence-electron chi connectivity index (χ0n) is 21.6. The molecule has 3 aliphatic rings. The highest BCUT2D eigenvalue weighted by atomic mass is 19.4. The number of likely N-dealkylation sites (tertiary alicyclic amines) is 1. The molecule has 1 spiro atoms. The van der Waals surface area contributed by atoms with Gasteiger partial charge in [0.2, 0.25) is 11.9 Å². The Hall–Kier alpha value is -2.73. The minimum atomic E-state index is -4.41. The molecule has 2 saturated heterocycles. The third-order valence-corrected chi connectivity index (χ3v) is 8.65. The van der Waals surface area contributed by atoms with E-state index in [0.717, 1.165) is 39.0 Å². The highest BCUT2D eigenvalue weighted by Gasteiger charge is 2.56. The number of amides is 1. The number of carbonyl (C=O) groups is 1. The predicted octanol–water partition coefficient (Wildman–Crippen LogP) is 2.31. The number of halogens is 3. The van der Waals surface area contributed by atoms with E-state index < -0.39 is 35.4 Å². The molecule has 2 aliphatic heterocycles. The van der Waals surface area contributed by atoms with Gasteiger partial charge in [0, 0.05) is 63.0 Å². The van der Waals surface area contributed by atoms with Gasteiger partial charge in [-0.2, -0.15) is 13.2 Å². The SMILES string of the molecule is C[C@H](CC(F)(F)F)C(=O)N1CCC(O)(Cn2ccc3nc(N4CCNCC4)ncc3c2=O)C2(CCCC2)C1. The van der Waals surface area contributed by atoms with Gasteiger partial charge in [-0.3, -0.25) is 9.59 Å². The van der Waals surface area contributed by atoms with Gasteiger partial charge in [-0.25, -0.2) is 9.97 Å². The van der Waals surface area contributed by atoms with Crippen LogP contribution < -0.4 is 15.8 Å². The molecule has 208 valence electrons. The lowest BCUT2D eigenvalue weighted by Crippen LogP contribution is -2.62. The molecule has 12 heteroatoms. The topological polar surface area (TPSA) is 104 Å². The number of alkyl halides is 3. The summed E-state index contributed by atoms with van der Waals surface area (Å²) in [6.07, 6.45) is 0.824. The van der Waals surface area contributed by atoms with Crippen molar-refractivity contribution in [1.29, 1.82) is 0 Å². The molecule has 3 fully saturated rings. The maximum atomic E-state index is 13.4. The molecule has 1 amide bonds. The van der Waals surface area contributed by atoms with Crippen LogP contribution in [0, 0.1) is 11.3 Å². The van der Waals surface area contributed by atoms with Gasteiger partial charge >= 0.3 is 6.18 Å². The first-order valence-electron chi connectivity index (χ1n) is 13.4. The van der Waals surface area contributed by atoms with Gasteiger partial charge in [-0.05, 0) is 25.3 Å². The van der Waals surface area contributed by atoms with Crippen LogP contribution in [0.2, 0.25) is 0 Å². The van der Waals surface area contributed by atoms with E-state index in [1.165, 1.54) is 22.6 Å². The lowest BCUT2D eigenvalue weighted by molar-refractivity contribution is -0.172. The zero-order chi connectivity index (χ0) is 27.1. The number of nitrogens with one attached hydrogen (secondary N) is 1. The second kappa shape index (κ2) is 10.1. The Labute approximate surface area is 219 Å². The number of hydrogen-bond donors (Lipinski definition) is 2. The fourth-order valence-corrected chi connectivity index (χ4v) is 6.52. The summed E-state index contributed by atoms with van der Waals surface area (Å²) in [4.78, 5) is 38.9. The first-order valence-corrected chi connectivity index (χ1v) is 13.4. The van der Waals surface area contributed by atoms with Crippen molar-refractivity contribution < 1.29 is 23.1 Å². The monoisotopic (exact) mass is 536 g/mol. The van der Waals surface area contributed by atoms with Crippen LogP contribution in [0.1, 0.15) is 45.4 Å². The van der Waals surface area contributed by atoms with E-state index in [1.54, 1.807) is 12.3 Å². The number of aromatic nitrogens is 3. The maximum Gasteiger partial charge on any atom is 0.389 e. The normalized spacial score (nSPS) is 24.8. The molecule has 2 aromatic heterocycles. The lowest BCUT2D eigenvalue weighted by atomic mass is 9.65. The van der Waals surface area contributed by atoms with Gasteiger partial charge in [0.05, 0.1) is 29.5 Å². The fraction of sp³-hybridized carbons (Fsp3) is 0.692. The summed E-state index contributed by atoms with van der Waals surface area (Å²) in [5, 5.41) is 15.6. The maximum absolute atomic E-state index is 13.4. The highest BCUT2D eigenvalue weighted by molar-refractivity contribution is 5.79. The molecule has 4 heterocycles. The summed E-state index contributed by atoms with van der Waals surface area (Å²) in [6, 6.07) is 1.76. The van der Waals surface area contributed by atoms with E-state index in [2.05, 4.69) is 20.2 Å². The van der Waals surface area contributed by atoms with Gasteiger partial charge in [-0.1, -0.05) is 19.8 Å². The molecule has 0 aromatic carbocycles. The standard InChI is InChI=1S/C26H35F3N6O3/c1-18(14-26(27,28)29)21(36)35-11-7-25(38,24(16-35)5-2-3-6-24)17-34-10-4-20-19(22(34)37)15-31-23(32-20)33-12-8-30-9-13-33/h4,10,15,18,30,38H,2-3,5-9,11-14,16-17H2,1H3/t18-,25?/m1/s1. The molecule has 38 heavy (non-hydrogen) atoms. The molecular weight excluding hydrogens is 501 g/mol. The van der Waals surface area contributed by atoms with Crippen molar-refractivity contribution in [3.63, 3.8) is 0 Å². The summed E-state index contributed by atoms with van der Waals surface area (Å²) < 4.78 is 40.2. The minimum absolute atomic E-state index is 0.0431. The van der Waals surface area contributed by atoms with E-state index >= 15 is 0 Å². The summed E-state index contributed by atoms with van der Waals surface area (Å²) in [7, 11) is 0. The number of piperidine rings is 1. The molecular formula is C26H35F3N6O3. The molecule has 2 N–H and O–H groups in total. The summed E-state index contributed by atoms with van der Waals surface area (Å²) >= 11 is 0. The number of aliphatic hydroxyl groups is 1. The van der Waals surface area contributed by atoms with E-state index in [-0.39, 0.29) is 31.6 Å². The van der Waals surface area contributed by atoms with E-state index in [1.807, 2.05) is 0 Å². The van der Waals surface area contributed by atoms with Crippen LogP contribution in [0.5, 0.6) is 0 Å². The first kappa shape index (κ1) is 26.9. The smallest absolute Gasteiger partial charge is 0.387 e. The van der Waals surface area contributed by atoms with Crippen LogP contribution in [0.25, 0.3) is 10.9 Å². The van der Waals surface area contributed by atoms with Crippen molar-refractivity contribution in [2.24, 2.45) is 11.3 Å². The Kier molecular flexibility index (Phi) is 7.14. The average Bonchev–Trinajstić information content (AvgIpc) is 3.36. The Morgan fingerprint density at radius 2 is 1.89 bits per heavy atom. The molecule has 0 radical (unpaired) electrons. The number of carbonyl (C=O) groups excluding carboxylic acids is 1. The lowest BCUT2D eigenvalue weighted by Gasteiger charge is -2.52. The van der Waals surface area contributed by atoms with Crippen LogP contribution >= 0.6 is 0 Å². The van der Waals surface area contributed by atoms with Crippen molar-refractivity contribution in [1.82, 2.24) is 24.8 Å². The molecule has 1 aliphatic carbocycles. The van der Waals surface area contributed by atoms with Crippen molar-refractivity contribution in [3.8, 4) is 0 Å². The second-order valence-electron chi connectivity index (χ2n) is 11.2. The van der Waals surface area contributed by atoms with Crippen LogP contribution in [0.15, 0.2) is 23.3 Å². The quantitative estimate of drug-likeness (QED) is 0.605. The van der Waals surface area contributed by atoms with E-state index in [4.69, 9.17) is 0 Å². The van der Waals surface area contributed by atoms with Crippen LogP contribution in [0.3, 0.4) is 0 Å². The van der Waals surface area contributed by atoms with Gasteiger partial charge in [0.15, 0.2) is 0 Å². The summed E-state index contributed by atoms with van der Waals surface area (Å²) in [5.74, 6) is -1.12. The van der Waals surface area contributed by atoms with Crippen molar-refractivity contribution >= 4 is 22.8 Å². The second-order valence-corrected chi connectivity index (χ2v) is 11.2. The molecule has 9 nitrogen and oxygen atoms in total. The van der Waals surface area contributed by atoms with Crippen LogP contribution in [0.4, 0.5) is 19.1 Å². The average molecular weight is 537 g/mol.